The lowest BCUT2D eigenvalue weighted by atomic mass is 10.2. The number of piperazine rings is 1. The molecule has 0 bridgehead atoms. The minimum absolute atomic E-state index is 0.0233. The molecule has 0 atom stereocenters. The van der Waals surface area contributed by atoms with Gasteiger partial charge in [-0.05, 0) is 44.2 Å². The lowest BCUT2D eigenvalue weighted by Gasteiger charge is -2.34. The Morgan fingerprint density at radius 1 is 1.04 bits per heavy atom. The van der Waals surface area contributed by atoms with E-state index >= 15 is 0 Å². The van der Waals surface area contributed by atoms with E-state index in [9.17, 15) is 18.0 Å². The Balaban J connectivity index is 1.70. The van der Waals surface area contributed by atoms with Crippen molar-refractivity contribution in [2.45, 2.75) is 18.7 Å². The van der Waals surface area contributed by atoms with Gasteiger partial charge in [-0.25, -0.2) is 13.2 Å². The molecule has 1 N–H and O–H groups in total. The van der Waals surface area contributed by atoms with Crippen molar-refractivity contribution in [3.8, 4) is 0 Å². The minimum Gasteiger partial charge on any atom is -0.478 e. The third-order valence-corrected chi connectivity index (χ3v) is 6.45. The van der Waals surface area contributed by atoms with Crippen molar-refractivity contribution in [1.29, 1.82) is 0 Å². The predicted molar refractivity (Wildman–Crippen MR) is 96.2 cm³/mol. The first-order valence-corrected chi connectivity index (χ1v) is 9.84. The molecule has 27 heavy (non-hydrogen) atoms. The van der Waals surface area contributed by atoms with Crippen molar-refractivity contribution < 1.29 is 27.5 Å². The molecule has 8 nitrogen and oxygen atoms in total. The first-order chi connectivity index (χ1) is 12.7. The molecule has 1 saturated heterocycles. The Hall–Kier alpha value is -2.65. The summed E-state index contributed by atoms with van der Waals surface area (Å²) >= 11 is 0. The molecule has 0 radical (unpaired) electrons. The Bertz CT molecular complexity index is 970. The monoisotopic (exact) mass is 392 g/mol. The number of benzene rings is 1. The Kier molecular flexibility index (Phi) is 5.07. The summed E-state index contributed by atoms with van der Waals surface area (Å²) in [4.78, 5) is 25.1. The number of amides is 1. The van der Waals surface area contributed by atoms with Gasteiger partial charge in [0.05, 0.1) is 16.0 Å². The number of aryl methyl sites for hydroxylation is 2. The maximum absolute atomic E-state index is 12.7. The lowest BCUT2D eigenvalue weighted by Crippen LogP contribution is -2.50. The van der Waals surface area contributed by atoms with Crippen LogP contribution in [0.2, 0.25) is 0 Å². The zero-order valence-corrected chi connectivity index (χ0v) is 15.8. The molecular formula is C18H20N2O6S. The van der Waals surface area contributed by atoms with E-state index in [1.165, 1.54) is 28.6 Å². The van der Waals surface area contributed by atoms with Gasteiger partial charge in [0.1, 0.15) is 11.5 Å². The number of carboxylic acids is 1. The van der Waals surface area contributed by atoms with Crippen LogP contribution in [0.15, 0.2) is 39.6 Å². The molecule has 0 spiro atoms. The van der Waals surface area contributed by atoms with Crippen LogP contribution in [0.4, 0.5) is 0 Å². The van der Waals surface area contributed by atoms with Crippen molar-refractivity contribution in [3.05, 3.63) is 53.0 Å². The molecule has 0 saturated carbocycles. The van der Waals surface area contributed by atoms with Crippen LogP contribution in [-0.2, 0) is 10.0 Å². The molecule has 1 fully saturated rings. The van der Waals surface area contributed by atoms with Gasteiger partial charge >= 0.3 is 5.97 Å². The highest BCUT2D eigenvalue weighted by atomic mass is 32.2. The summed E-state index contributed by atoms with van der Waals surface area (Å²) in [6.45, 7) is 4.38. The molecule has 2 heterocycles. The van der Waals surface area contributed by atoms with Crippen molar-refractivity contribution in [2.75, 3.05) is 26.2 Å². The SMILES string of the molecule is Cc1cc(C(=O)N2CCN(S(=O)(=O)c3ccc(C(=O)O)cc3)CC2)c(C)o1. The highest BCUT2D eigenvalue weighted by molar-refractivity contribution is 7.89. The standard InChI is InChI=1S/C18H20N2O6S/c1-12-11-16(13(2)26-12)17(21)19-7-9-20(10-8-19)27(24,25)15-5-3-14(4-6-15)18(22)23/h3-6,11H,7-10H2,1-2H3,(H,22,23). The summed E-state index contributed by atoms with van der Waals surface area (Å²) in [6, 6.07) is 6.78. The van der Waals surface area contributed by atoms with Gasteiger partial charge in [-0.3, -0.25) is 4.79 Å². The average Bonchev–Trinajstić information content (AvgIpc) is 2.99. The number of hydrogen-bond donors (Lipinski definition) is 1. The number of carbonyl (C=O) groups is 2. The number of aromatic carboxylic acids is 1. The van der Waals surface area contributed by atoms with Gasteiger partial charge in [0.15, 0.2) is 0 Å². The molecule has 9 heteroatoms. The van der Waals surface area contributed by atoms with Crippen LogP contribution >= 0.6 is 0 Å². The van der Waals surface area contributed by atoms with E-state index in [4.69, 9.17) is 9.52 Å². The summed E-state index contributed by atoms with van der Waals surface area (Å²) in [6.07, 6.45) is 0. The van der Waals surface area contributed by atoms with Crippen molar-refractivity contribution in [3.63, 3.8) is 0 Å². The van der Waals surface area contributed by atoms with Gasteiger partial charge in [-0.15, -0.1) is 0 Å². The van der Waals surface area contributed by atoms with Crippen LogP contribution in [-0.4, -0.2) is 60.8 Å². The summed E-state index contributed by atoms with van der Waals surface area (Å²) in [5.41, 5.74) is 0.517. The van der Waals surface area contributed by atoms with Crippen molar-refractivity contribution in [2.24, 2.45) is 0 Å². The molecule has 2 aromatic rings. The van der Waals surface area contributed by atoms with E-state index in [1.54, 1.807) is 24.8 Å². The second-order valence-electron chi connectivity index (χ2n) is 6.35. The highest BCUT2D eigenvalue weighted by Gasteiger charge is 2.31. The van der Waals surface area contributed by atoms with Gasteiger partial charge in [0.2, 0.25) is 10.0 Å². The molecule has 3 rings (SSSR count). The zero-order valence-electron chi connectivity index (χ0n) is 15.0. The second-order valence-corrected chi connectivity index (χ2v) is 8.29. The fraction of sp³-hybridized carbons (Fsp3) is 0.333. The lowest BCUT2D eigenvalue weighted by molar-refractivity contribution is 0.0689. The Morgan fingerprint density at radius 3 is 2.11 bits per heavy atom. The Labute approximate surface area is 157 Å². The first kappa shape index (κ1) is 19.1. The van der Waals surface area contributed by atoms with E-state index in [1.807, 2.05) is 0 Å². The van der Waals surface area contributed by atoms with Gasteiger partial charge < -0.3 is 14.4 Å². The maximum atomic E-state index is 12.7. The van der Waals surface area contributed by atoms with Crippen LogP contribution in [0.5, 0.6) is 0 Å². The zero-order chi connectivity index (χ0) is 19.8. The average molecular weight is 392 g/mol. The van der Waals surface area contributed by atoms with E-state index in [0.29, 0.717) is 17.1 Å². The van der Waals surface area contributed by atoms with Crippen molar-refractivity contribution >= 4 is 21.9 Å². The molecule has 1 aliphatic rings. The number of rotatable bonds is 4. The van der Waals surface area contributed by atoms with Crippen molar-refractivity contribution in [1.82, 2.24) is 9.21 Å². The fourth-order valence-electron chi connectivity index (χ4n) is 3.06. The quantitative estimate of drug-likeness (QED) is 0.849. The van der Waals surface area contributed by atoms with Gasteiger partial charge in [-0.2, -0.15) is 4.31 Å². The van der Waals surface area contributed by atoms with E-state index < -0.39 is 16.0 Å². The molecular weight excluding hydrogens is 372 g/mol. The summed E-state index contributed by atoms with van der Waals surface area (Å²) in [5, 5.41) is 8.92. The molecule has 1 aromatic heterocycles. The minimum atomic E-state index is -3.74. The van der Waals surface area contributed by atoms with Gasteiger partial charge in [-0.1, -0.05) is 0 Å². The van der Waals surface area contributed by atoms with Gasteiger partial charge in [0, 0.05) is 26.2 Å². The van der Waals surface area contributed by atoms with Crippen LogP contribution < -0.4 is 0 Å². The van der Waals surface area contributed by atoms with E-state index in [-0.39, 0.29) is 42.5 Å². The molecule has 1 aromatic carbocycles. The second kappa shape index (κ2) is 7.16. The number of carboxylic acid groups (broad SMARTS) is 1. The largest absolute Gasteiger partial charge is 0.478 e. The number of furan rings is 1. The van der Waals surface area contributed by atoms with Crippen LogP contribution in [0, 0.1) is 13.8 Å². The highest BCUT2D eigenvalue weighted by Crippen LogP contribution is 2.21. The topological polar surface area (TPSA) is 108 Å². The molecule has 1 amide bonds. The normalized spacial score (nSPS) is 15.7. The third kappa shape index (κ3) is 3.74. The Morgan fingerprint density at radius 2 is 1.63 bits per heavy atom. The smallest absolute Gasteiger partial charge is 0.335 e. The van der Waals surface area contributed by atoms with Gasteiger partial charge in [0.25, 0.3) is 5.91 Å². The molecule has 0 aliphatic carbocycles. The summed E-state index contributed by atoms with van der Waals surface area (Å²) < 4.78 is 32.2. The molecule has 0 unspecified atom stereocenters. The van der Waals surface area contributed by atoms with E-state index in [2.05, 4.69) is 0 Å². The predicted octanol–water partition coefficient (Wildman–Crippen LogP) is 1.74. The summed E-state index contributed by atoms with van der Waals surface area (Å²) in [5.74, 6) is -0.0870. The first-order valence-electron chi connectivity index (χ1n) is 8.40. The van der Waals surface area contributed by atoms with E-state index in [0.717, 1.165) is 0 Å². The third-order valence-electron chi connectivity index (χ3n) is 4.54. The number of hydrogen-bond acceptors (Lipinski definition) is 5. The number of carbonyl (C=O) groups excluding carboxylic acids is 1. The number of sulfonamides is 1. The maximum Gasteiger partial charge on any atom is 0.335 e. The van der Waals surface area contributed by atoms with Crippen LogP contribution in [0.1, 0.15) is 32.2 Å². The van der Waals surface area contributed by atoms with Crippen LogP contribution in [0.3, 0.4) is 0 Å². The van der Waals surface area contributed by atoms with Crippen LogP contribution in [0.25, 0.3) is 0 Å². The molecule has 1 aliphatic heterocycles. The number of nitrogens with zero attached hydrogens (tertiary/aromatic N) is 2. The molecule has 144 valence electrons. The fourth-order valence-corrected chi connectivity index (χ4v) is 4.49. The summed E-state index contributed by atoms with van der Waals surface area (Å²) in [7, 11) is -3.74.